The van der Waals surface area contributed by atoms with Gasteiger partial charge in [-0.25, -0.2) is 4.98 Å². The van der Waals surface area contributed by atoms with Crippen LogP contribution in [0, 0.1) is 0 Å². The lowest BCUT2D eigenvalue weighted by Gasteiger charge is -2.10. The van der Waals surface area contributed by atoms with E-state index in [0.29, 0.717) is 6.04 Å². The maximum Gasteiger partial charge on any atom is 0.233 e. The molecule has 20 heavy (non-hydrogen) atoms. The third-order valence-corrected chi connectivity index (χ3v) is 6.16. The average molecular weight is 324 g/mol. The van der Waals surface area contributed by atoms with Gasteiger partial charge in [0, 0.05) is 17.2 Å². The van der Waals surface area contributed by atoms with E-state index in [4.69, 9.17) is 0 Å². The van der Waals surface area contributed by atoms with Gasteiger partial charge in [0.25, 0.3) is 0 Å². The highest BCUT2D eigenvalue weighted by molar-refractivity contribution is 7.99. The summed E-state index contributed by atoms with van der Waals surface area (Å²) in [7, 11) is 0. The first-order valence-corrected chi connectivity index (χ1v) is 9.43. The number of carbonyl (C=O) groups is 1. The van der Waals surface area contributed by atoms with E-state index in [9.17, 15) is 4.79 Å². The summed E-state index contributed by atoms with van der Waals surface area (Å²) in [5, 5.41) is 8.26. The predicted octanol–water partition coefficient (Wildman–Crippen LogP) is 3.77. The summed E-state index contributed by atoms with van der Waals surface area (Å²) < 4.78 is 0. The predicted molar refractivity (Wildman–Crippen MR) is 87.3 cm³/mol. The first-order valence-electron chi connectivity index (χ1n) is 6.62. The van der Waals surface area contributed by atoms with Gasteiger partial charge in [0.15, 0.2) is 0 Å². The molecule has 106 valence electrons. The van der Waals surface area contributed by atoms with Crippen molar-refractivity contribution < 1.29 is 4.79 Å². The minimum atomic E-state index is -0.0116. The van der Waals surface area contributed by atoms with Gasteiger partial charge in [-0.2, -0.15) is 0 Å². The standard InChI is InChI=1S/C14H16N2OS3/c1-9(13(17)15-10-4-5-10)19-7-11-8-20-14(16-11)12-3-2-6-18-12/h2-3,6,8-10H,4-5,7H2,1H3,(H,15,17)/t9-/m0/s1. The summed E-state index contributed by atoms with van der Waals surface area (Å²) in [6.07, 6.45) is 2.28. The highest BCUT2D eigenvalue weighted by Crippen LogP contribution is 2.29. The van der Waals surface area contributed by atoms with Crippen molar-refractivity contribution in [3.63, 3.8) is 0 Å². The molecular weight excluding hydrogens is 308 g/mol. The molecule has 6 heteroatoms. The Labute approximate surface area is 130 Å². The topological polar surface area (TPSA) is 42.0 Å². The summed E-state index contributed by atoms with van der Waals surface area (Å²) >= 11 is 5.04. The molecule has 1 saturated carbocycles. The lowest BCUT2D eigenvalue weighted by atomic mass is 10.4. The molecule has 3 rings (SSSR count). The highest BCUT2D eigenvalue weighted by atomic mass is 32.2. The van der Waals surface area contributed by atoms with Crippen LogP contribution in [-0.2, 0) is 10.5 Å². The molecule has 0 unspecified atom stereocenters. The number of hydrogen-bond donors (Lipinski definition) is 1. The van der Waals surface area contributed by atoms with Gasteiger partial charge in [0.1, 0.15) is 5.01 Å². The molecule has 0 spiro atoms. The van der Waals surface area contributed by atoms with Crippen LogP contribution in [0.4, 0.5) is 0 Å². The van der Waals surface area contributed by atoms with Crippen molar-refractivity contribution in [3.05, 3.63) is 28.6 Å². The van der Waals surface area contributed by atoms with Gasteiger partial charge in [-0.3, -0.25) is 4.79 Å². The van der Waals surface area contributed by atoms with E-state index in [-0.39, 0.29) is 11.2 Å². The molecule has 0 aromatic carbocycles. The SMILES string of the molecule is C[C@H](SCc1csc(-c2cccs2)n1)C(=O)NC1CC1. The van der Waals surface area contributed by atoms with Crippen LogP contribution in [0.3, 0.4) is 0 Å². The van der Waals surface area contributed by atoms with Crippen molar-refractivity contribution in [3.8, 4) is 9.88 Å². The Morgan fingerprint density at radius 2 is 2.40 bits per heavy atom. The Kier molecular flexibility index (Phi) is 4.43. The lowest BCUT2D eigenvalue weighted by molar-refractivity contribution is -0.120. The number of thiophene rings is 1. The third kappa shape index (κ3) is 3.62. The molecule has 2 heterocycles. The van der Waals surface area contributed by atoms with Crippen LogP contribution in [0.1, 0.15) is 25.5 Å². The summed E-state index contributed by atoms with van der Waals surface area (Å²) in [6, 6.07) is 4.57. The van der Waals surface area contributed by atoms with E-state index in [1.807, 2.05) is 13.0 Å². The van der Waals surface area contributed by atoms with Crippen molar-refractivity contribution >= 4 is 40.3 Å². The van der Waals surface area contributed by atoms with Crippen molar-refractivity contribution in [2.45, 2.75) is 36.8 Å². The van der Waals surface area contributed by atoms with E-state index in [1.165, 1.54) is 4.88 Å². The van der Waals surface area contributed by atoms with Crippen LogP contribution in [0.5, 0.6) is 0 Å². The molecule has 1 N–H and O–H groups in total. The second kappa shape index (κ2) is 6.28. The molecule has 1 fully saturated rings. The Bertz CT molecular complexity index is 575. The van der Waals surface area contributed by atoms with Crippen molar-refractivity contribution in [2.24, 2.45) is 0 Å². The molecular formula is C14H16N2OS3. The molecule has 2 aromatic rings. The fraction of sp³-hybridized carbons (Fsp3) is 0.429. The van der Waals surface area contributed by atoms with Gasteiger partial charge < -0.3 is 5.32 Å². The maximum atomic E-state index is 11.9. The molecule has 0 saturated heterocycles. The van der Waals surface area contributed by atoms with Gasteiger partial charge in [0.05, 0.1) is 15.8 Å². The number of thioether (sulfide) groups is 1. The number of nitrogens with one attached hydrogen (secondary N) is 1. The maximum absolute atomic E-state index is 11.9. The zero-order chi connectivity index (χ0) is 13.9. The fourth-order valence-electron chi connectivity index (χ4n) is 1.72. The second-order valence-corrected chi connectivity index (χ2v) is 7.99. The van der Waals surface area contributed by atoms with E-state index in [2.05, 4.69) is 27.1 Å². The highest BCUT2D eigenvalue weighted by Gasteiger charge is 2.25. The van der Waals surface area contributed by atoms with Crippen molar-refractivity contribution in [1.82, 2.24) is 10.3 Å². The Hall–Kier alpha value is -0.850. The second-order valence-electron chi connectivity index (χ2n) is 4.86. The lowest BCUT2D eigenvalue weighted by Crippen LogP contribution is -2.32. The number of nitrogens with zero attached hydrogens (tertiary/aromatic N) is 1. The van der Waals surface area contributed by atoms with Gasteiger partial charge in [-0.15, -0.1) is 34.4 Å². The number of amides is 1. The molecule has 1 aliphatic rings. The average Bonchev–Trinajstić information content (AvgIpc) is 2.97. The zero-order valence-electron chi connectivity index (χ0n) is 11.2. The van der Waals surface area contributed by atoms with Crippen LogP contribution in [-0.4, -0.2) is 22.2 Å². The minimum absolute atomic E-state index is 0.0116. The number of rotatable bonds is 6. The van der Waals surface area contributed by atoms with E-state index < -0.39 is 0 Å². The monoisotopic (exact) mass is 324 g/mol. The molecule has 0 aliphatic heterocycles. The molecule has 1 aliphatic carbocycles. The van der Waals surface area contributed by atoms with Crippen LogP contribution in [0.15, 0.2) is 22.9 Å². The molecule has 2 aromatic heterocycles. The summed E-state index contributed by atoms with van der Waals surface area (Å²) in [4.78, 5) is 17.7. The molecule has 0 bridgehead atoms. The fourth-order valence-corrected chi connectivity index (χ4v) is 4.25. The van der Waals surface area contributed by atoms with E-state index >= 15 is 0 Å². The number of aromatic nitrogens is 1. The largest absolute Gasteiger partial charge is 0.352 e. The van der Waals surface area contributed by atoms with Gasteiger partial charge >= 0.3 is 0 Å². The van der Waals surface area contributed by atoms with E-state index in [1.54, 1.807) is 34.4 Å². The quantitative estimate of drug-likeness (QED) is 0.879. The summed E-state index contributed by atoms with van der Waals surface area (Å²) in [5.74, 6) is 0.951. The molecule has 0 radical (unpaired) electrons. The molecule has 1 amide bonds. The minimum Gasteiger partial charge on any atom is -0.352 e. The Balaban J connectivity index is 1.51. The van der Waals surface area contributed by atoms with Crippen molar-refractivity contribution in [1.29, 1.82) is 0 Å². The van der Waals surface area contributed by atoms with Gasteiger partial charge in [0.2, 0.25) is 5.91 Å². The molecule has 3 nitrogen and oxygen atoms in total. The Morgan fingerprint density at radius 3 is 3.10 bits per heavy atom. The third-order valence-electron chi connectivity index (χ3n) is 3.06. The van der Waals surface area contributed by atoms with Crippen LogP contribution < -0.4 is 5.32 Å². The van der Waals surface area contributed by atoms with Crippen molar-refractivity contribution in [2.75, 3.05) is 0 Å². The van der Waals surface area contributed by atoms with Crippen LogP contribution in [0.2, 0.25) is 0 Å². The van der Waals surface area contributed by atoms with E-state index in [0.717, 1.165) is 29.3 Å². The Morgan fingerprint density at radius 1 is 1.55 bits per heavy atom. The first kappa shape index (κ1) is 14.1. The van der Waals surface area contributed by atoms with Crippen LogP contribution in [0.25, 0.3) is 9.88 Å². The normalized spacial score (nSPS) is 16.1. The molecule has 1 atom stereocenters. The smallest absolute Gasteiger partial charge is 0.233 e. The summed E-state index contributed by atoms with van der Waals surface area (Å²) in [6.45, 7) is 1.97. The van der Waals surface area contributed by atoms with Crippen LogP contribution >= 0.6 is 34.4 Å². The number of hydrogen-bond acceptors (Lipinski definition) is 5. The number of thiazole rings is 1. The first-order chi connectivity index (χ1) is 9.72. The van der Waals surface area contributed by atoms with Gasteiger partial charge in [-0.05, 0) is 31.2 Å². The number of carbonyl (C=O) groups excluding carboxylic acids is 1. The van der Waals surface area contributed by atoms with Gasteiger partial charge in [-0.1, -0.05) is 6.07 Å². The summed E-state index contributed by atoms with van der Waals surface area (Å²) in [5.41, 5.74) is 1.06. The zero-order valence-corrected chi connectivity index (χ0v) is 13.6.